The molecule has 8 heteroatoms. The van der Waals surface area contributed by atoms with Crippen LogP contribution in [0.2, 0.25) is 0 Å². The quantitative estimate of drug-likeness (QED) is 0.650. The molecule has 0 aliphatic rings. The molecule has 0 saturated heterocycles. The van der Waals surface area contributed by atoms with E-state index in [1.54, 1.807) is 41.0 Å². The Hall–Kier alpha value is -2.87. The van der Waals surface area contributed by atoms with Gasteiger partial charge >= 0.3 is 0 Å². The molecule has 26 heavy (non-hydrogen) atoms. The summed E-state index contributed by atoms with van der Waals surface area (Å²) >= 11 is 1.56. The Morgan fingerprint density at radius 3 is 2.73 bits per heavy atom. The second-order valence-electron chi connectivity index (χ2n) is 5.53. The van der Waals surface area contributed by atoms with Crippen molar-refractivity contribution < 1.29 is 4.79 Å². The molecular weight excluding hydrogens is 350 g/mol. The predicted octanol–water partition coefficient (Wildman–Crippen LogP) is 1.48. The van der Waals surface area contributed by atoms with Gasteiger partial charge in [0.15, 0.2) is 5.82 Å². The summed E-state index contributed by atoms with van der Waals surface area (Å²) in [5, 5.41) is 11.2. The SMILES string of the molecule is O=C(CSCc1ccccc1)NCCn1nc(-n2cccn2)ccc1=O. The molecule has 1 N–H and O–H groups in total. The standard InChI is InChI=1S/C18H19N5O2S/c24-17(14-26-13-15-5-2-1-3-6-15)19-10-12-23-18(25)8-7-16(21-23)22-11-4-9-20-22/h1-9,11H,10,12-14H2,(H,19,24). The van der Waals surface area contributed by atoms with Gasteiger partial charge in [-0.3, -0.25) is 9.59 Å². The maximum absolute atomic E-state index is 11.9. The van der Waals surface area contributed by atoms with E-state index in [0.717, 1.165) is 5.75 Å². The van der Waals surface area contributed by atoms with Crippen molar-refractivity contribution in [2.45, 2.75) is 12.3 Å². The van der Waals surface area contributed by atoms with Crippen LogP contribution in [0.3, 0.4) is 0 Å². The van der Waals surface area contributed by atoms with Gasteiger partial charge in [0.05, 0.1) is 12.3 Å². The topological polar surface area (TPSA) is 81.8 Å². The van der Waals surface area contributed by atoms with Crippen molar-refractivity contribution in [1.29, 1.82) is 0 Å². The largest absolute Gasteiger partial charge is 0.354 e. The first-order chi connectivity index (χ1) is 12.7. The second-order valence-corrected chi connectivity index (χ2v) is 6.52. The Morgan fingerprint density at radius 1 is 1.12 bits per heavy atom. The fourth-order valence-corrected chi connectivity index (χ4v) is 3.13. The van der Waals surface area contributed by atoms with Gasteiger partial charge in [0.1, 0.15) is 0 Å². The zero-order chi connectivity index (χ0) is 18.2. The molecule has 3 aromatic rings. The van der Waals surface area contributed by atoms with Gasteiger partial charge in [0.2, 0.25) is 5.91 Å². The lowest BCUT2D eigenvalue weighted by Gasteiger charge is -2.08. The first-order valence-electron chi connectivity index (χ1n) is 8.19. The van der Waals surface area contributed by atoms with Gasteiger partial charge < -0.3 is 5.32 Å². The van der Waals surface area contributed by atoms with E-state index in [1.165, 1.54) is 16.3 Å². The molecule has 0 aliphatic carbocycles. The summed E-state index contributed by atoms with van der Waals surface area (Å²) in [4.78, 5) is 23.8. The molecule has 2 heterocycles. The van der Waals surface area contributed by atoms with E-state index < -0.39 is 0 Å². The summed E-state index contributed by atoms with van der Waals surface area (Å²) < 4.78 is 2.91. The number of amides is 1. The highest BCUT2D eigenvalue weighted by Crippen LogP contribution is 2.10. The number of thioether (sulfide) groups is 1. The normalized spacial score (nSPS) is 10.6. The van der Waals surface area contributed by atoms with Crippen LogP contribution in [0.25, 0.3) is 5.82 Å². The van der Waals surface area contributed by atoms with E-state index >= 15 is 0 Å². The van der Waals surface area contributed by atoms with Crippen LogP contribution in [0.1, 0.15) is 5.56 Å². The van der Waals surface area contributed by atoms with Crippen molar-refractivity contribution in [2.24, 2.45) is 0 Å². The molecule has 0 spiro atoms. The molecule has 0 saturated carbocycles. The van der Waals surface area contributed by atoms with Crippen LogP contribution in [0.15, 0.2) is 65.7 Å². The first-order valence-corrected chi connectivity index (χ1v) is 9.34. The smallest absolute Gasteiger partial charge is 0.266 e. The van der Waals surface area contributed by atoms with Crippen LogP contribution in [-0.2, 0) is 17.1 Å². The third-order valence-corrected chi connectivity index (χ3v) is 4.59. The number of rotatable bonds is 8. The molecule has 2 aromatic heterocycles. The molecule has 7 nitrogen and oxygen atoms in total. The summed E-state index contributed by atoms with van der Waals surface area (Å²) in [6, 6.07) is 14.9. The molecule has 0 atom stereocenters. The lowest BCUT2D eigenvalue weighted by Crippen LogP contribution is -2.33. The van der Waals surface area contributed by atoms with Gasteiger partial charge in [-0.1, -0.05) is 30.3 Å². The highest BCUT2D eigenvalue weighted by Gasteiger charge is 2.05. The van der Waals surface area contributed by atoms with Crippen LogP contribution in [-0.4, -0.2) is 37.8 Å². The van der Waals surface area contributed by atoms with Gasteiger partial charge in [0.25, 0.3) is 5.56 Å². The van der Waals surface area contributed by atoms with Crippen molar-refractivity contribution in [1.82, 2.24) is 24.9 Å². The Kier molecular flexibility index (Phi) is 6.21. The number of aromatic nitrogens is 4. The van der Waals surface area contributed by atoms with Crippen molar-refractivity contribution in [3.63, 3.8) is 0 Å². The van der Waals surface area contributed by atoms with E-state index in [1.807, 2.05) is 30.3 Å². The van der Waals surface area contributed by atoms with Crippen LogP contribution in [0, 0.1) is 0 Å². The number of hydrogen-bond donors (Lipinski definition) is 1. The van der Waals surface area contributed by atoms with Crippen molar-refractivity contribution in [3.05, 3.63) is 76.8 Å². The minimum absolute atomic E-state index is 0.0535. The molecule has 0 radical (unpaired) electrons. The molecule has 3 rings (SSSR count). The average molecular weight is 369 g/mol. The lowest BCUT2D eigenvalue weighted by atomic mass is 10.2. The van der Waals surface area contributed by atoms with Gasteiger partial charge in [-0.25, -0.2) is 9.36 Å². The monoisotopic (exact) mass is 369 g/mol. The number of hydrogen-bond acceptors (Lipinski definition) is 5. The average Bonchev–Trinajstić information content (AvgIpc) is 3.19. The van der Waals surface area contributed by atoms with Crippen LogP contribution >= 0.6 is 11.8 Å². The molecule has 1 aromatic carbocycles. The minimum atomic E-state index is -0.214. The third kappa shape index (κ3) is 5.06. The zero-order valence-electron chi connectivity index (χ0n) is 14.1. The maximum atomic E-state index is 11.9. The van der Waals surface area contributed by atoms with Crippen LogP contribution in [0.5, 0.6) is 0 Å². The summed E-state index contributed by atoms with van der Waals surface area (Å²) in [6.07, 6.45) is 3.40. The van der Waals surface area contributed by atoms with E-state index in [9.17, 15) is 9.59 Å². The second kappa shape index (κ2) is 9.00. The van der Waals surface area contributed by atoms with Gasteiger partial charge in [-0.2, -0.15) is 5.10 Å². The molecule has 0 bridgehead atoms. The lowest BCUT2D eigenvalue weighted by molar-refractivity contribution is -0.118. The van der Waals surface area contributed by atoms with E-state index in [2.05, 4.69) is 15.5 Å². The van der Waals surface area contributed by atoms with Crippen molar-refractivity contribution in [2.75, 3.05) is 12.3 Å². The Morgan fingerprint density at radius 2 is 1.96 bits per heavy atom. The third-order valence-electron chi connectivity index (χ3n) is 3.58. The molecular formula is C18H19N5O2S. The van der Waals surface area contributed by atoms with Gasteiger partial charge in [-0.05, 0) is 17.7 Å². The Balaban J connectivity index is 1.45. The molecule has 134 valence electrons. The summed E-state index contributed by atoms with van der Waals surface area (Å²) in [5.41, 5.74) is 0.977. The number of nitrogens with one attached hydrogen (secondary N) is 1. The zero-order valence-corrected chi connectivity index (χ0v) is 14.9. The maximum Gasteiger partial charge on any atom is 0.266 e. The van der Waals surface area contributed by atoms with E-state index in [-0.39, 0.29) is 11.5 Å². The molecule has 0 unspecified atom stereocenters. The Bertz CT molecular complexity index is 893. The van der Waals surface area contributed by atoms with Crippen LogP contribution < -0.4 is 10.9 Å². The summed E-state index contributed by atoms with van der Waals surface area (Å²) in [7, 11) is 0. The van der Waals surface area contributed by atoms with E-state index in [4.69, 9.17) is 0 Å². The van der Waals surface area contributed by atoms with Gasteiger partial charge in [-0.15, -0.1) is 16.9 Å². The van der Waals surface area contributed by atoms with Gasteiger partial charge in [0, 0.05) is 30.8 Å². The molecule has 0 aliphatic heterocycles. The van der Waals surface area contributed by atoms with Crippen molar-refractivity contribution >= 4 is 17.7 Å². The van der Waals surface area contributed by atoms with Crippen molar-refractivity contribution in [3.8, 4) is 5.82 Å². The highest BCUT2D eigenvalue weighted by atomic mass is 32.2. The number of nitrogens with zero attached hydrogens (tertiary/aromatic N) is 4. The molecule has 0 fully saturated rings. The molecule has 1 amide bonds. The number of carbonyl (C=O) groups is 1. The number of carbonyl (C=O) groups excluding carboxylic acids is 1. The first kappa shape index (κ1) is 17.9. The minimum Gasteiger partial charge on any atom is -0.354 e. The van der Waals surface area contributed by atoms with E-state index in [0.29, 0.717) is 24.7 Å². The fraction of sp³-hybridized carbons (Fsp3) is 0.222. The summed E-state index contributed by atoms with van der Waals surface area (Å²) in [5.74, 6) is 1.67. The number of benzene rings is 1. The Labute approximate surface area is 155 Å². The highest BCUT2D eigenvalue weighted by molar-refractivity contribution is 7.99. The fourth-order valence-electron chi connectivity index (χ4n) is 2.31. The van der Waals surface area contributed by atoms with Crippen LogP contribution in [0.4, 0.5) is 0 Å². The predicted molar refractivity (Wildman–Crippen MR) is 101 cm³/mol. The summed E-state index contributed by atoms with van der Waals surface area (Å²) in [6.45, 7) is 0.656.